The number of nitrogens with one attached hydrogen (secondary N) is 1. The summed E-state index contributed by atoms with van der Waals surface area (Å²) < 4.78 is 7.14. The van der Waals surface area contributed by atoms with Crippen LogP contribution < -0.4 is 10.2 Å². The number of carbonyl (C=O) groups excluding carboxylic acids is 1. The van der Waals surface area contributed by atoms with Gasteiger partial charge >= 0.3 is 0 Å². The average Bonchev–Trinajstić information content (AvgIpc) is 3.09. The lowest BCUT2D eigenvalue weighted by molar-refractivity contribution is -0.123. The Hall–Kier alpha value is -3.12. The van der Waals surface area contributed by atoms with Gasteiger partial charge < -0.3 is 4.74 Å². The molecule has 3 rings (SSSR count). The summed E-state index contributed by atoms with van der Waals surface area (Å²) >= 11 is 5.79. The number of ether oxygens (including phenoxy) is 1. The molecule has 0 saturated heterocycles. The van der Waals surface area contributed by atoms with Crippen LogP contribution in [0.5, 0.6) is 5.75 Å². The molecule has 0 unspecified atom stereocenters. The van der Waals surface area contributed by atoms with Crippen LogP contribution in [0.4, 0.5) is 0 Å². The lowest BCUT2D eigenvalue weighted by Gasteiger charge is -2.04. The summed E-state index contributed by atoms with van der Waals surface area (Å²) in [6.45, 7) is 0.544. The third-order valence-corrected chi connectivity index (χ3v) is 3.68. The Bertz CT molecular complexity index is 876. The molecule has 7 heteroatoms. The fourth-order valence-electron chi connectivity index (χ4n) is 2.19. The maximum Gasteiger partial charge on any atom is 0.277 e. The van der Waals surface area contributed by atoms with Crippen LogP contribution in [0.1, 0.15) is 11.1 Å². The van der Waals surface area contributed by atoms with Crippen LogP contribution in [-0.4, -0.2) is 28.5 Å². The van der Waals surface area contributed by atoms with E-state index in [0.717, 1.165) is 11.1 Å². The number of halogens is 1. The highest BCUT2D eigenvalue weighted by atomic mass is 35.5. The molecule has 0 fully saturated rings. The predicted octanol–water partition coefficient (Wildman–Crippen LogP) is 3.11. The van der Waals surface area contributed by atoms with Gasteiger partial charge in [-0.2, -0.15) is 10.2 Å². The summed E-state index contributed by atoms with van der Waals surface area (Å²) in [6, 6.07) is 16.8. The zero-order valence-corrected chi connectivity index (χ0v) is 14.6. The minimum atomic E-state index is -0.354. The molecule has 1 N–H and O–H groups in total. The van der Waals surface area contributed by atoms with E-state index in [9.17, 15) is 4.79 Å². The van der Waals surface area contributed by atoms with Gasteiger partial charge in [0.2, 0.25) is 0 Å². The lowest BCUT2D eigenvalue weighted by atomic mass is 10.2. The molecule has 1 heterocycles. The molecule has 0 aliphatic heterocycles. The smallest absolute Gasteiger partial charge is 0.277 e. The largest absolute Gasteiger partial charge is 0.484 e. The van der Waals surface area contributed by atoms with Crippen LogP contribution in [0.3, 0.4) is 0 Å². The van der Waals surface area contributed by atoms with Gasteiger partial charge in [0.25, 0.3) is 5.91 Å². The van der Waals surface area contributed by atoms with Crippen LogP contribution >= 0.6 is 11.6 Å². The van der Waals surface area contributed by atoms with Crippen LogP contribution in [0.15, 0.2) is 72.1 Å². The Kier molecular flexibility index (Phi) is 6.01. The van der Waals surface area contributed by atoms with Crippen LogP contribution in [0.25, 0.3) is 0 Å². The maximum absolute atomic E-state index is 11.7. The molecule has 0 bridgehead atoms. The minimum absolute atomic E-state index is 0.133. The number of hydrazone groups is 1. The van der Waals surface area contributed by atoms with Crippen molar-refractivity contribution in [3.8, 4) is 5.75 Å². The molecule has 1 aromatic heterocycles. The highest BCUT2D eigenvalue weighted by Gasteiger charge is 2.02. The van der Waals surface area contributed by atoms with Crippen molar-refractivity contribution in [1.82, 2.24) is 15.2 Å². The van der Waals surface area contributed by atoms with Crippen LogP contribution in [0.2, 0.25) is 5.02 Å². The van der Waals surface area contributed by atoms with Crippen molar-refractivity contribution in [3.05, 3.63) is 83.1 Å². The molecule has 2 aromatic carbocycles. The highest BCUT2D eigenvalue weighted by Crippen LogP contribution is 2.15. The molecule has 0 aliphatic carbocycles. The quantitative estimate of drug-likeness (QED) is 0.514. The first-order chi connectivity index (χ1) is 12.7. The van der Waals surface area contributed by atoms with Gasteiger partial charge in [-0.3, -0.25) is 9.48 Å². The number of aromatic nitrogens is 2. The second-order valence-corrected chi connectivity index (χ2v) is 5.93. The van der Waals surface area contributed by atoms with Crippen molar-refractivity contribution < 1.29 is 9.53 Å². The van der Waals surface area contributed by atoms with E-state index in [4.69, 9.17) is 16.3 Å². The standard InChI is InChI=1S/C19H17ClN4O2/c20-17-6-8-18(9-7-17)26-14-19(25)23-21-10-16-11-22-24(13-16)12-15-4-2-1-3-5-15/h1-11,13H,12,14H2,(H,23,25)/b21-10-. The summed E-state index contributed by atoms with van der Waals surface area (Å²) in [7, 11) is 0. The number of hydrogen-bond donors (Lipinski definition) is 1. The van der Waals surface area contributed by atoms with E-state index in [1.54, 1.807) is 30.5 Å². The van der Waals surface area contributed by atoms with E-state index >= 15 is 0 Å². The first kappa shape index (κ1) is 17.7. The van der Waals surface area contributed by atoms with Gasteiger partial charge in [0.1, 0.15) is 5.75 Å². The van der Waals surface area contributed by atoms with Gasteiger partial charge in [-0.05, 0) is 29.8 Å². The maximum atomic E-state index is 11.7. The predicted molar refractivity (Wildman–Crippen MR) is 100 cm³/mol. The second kappa shape index (κ2) is 8.82. The molecule has 0 spiro atoms. The third kappa shape index (κ3) is 5.46. The van der Waals surface area contributed by atoms with Crippen molar-refractivity contribution in [1.29, 1.82) is 0 Å². The van der Waals surface area contributed by atoms with Crippen LogP contribution in [-0.2, 0) is 11.3 Å². The number of benzene rings is 2. The molecule has 0 aliphatic rings. The van der Waals surface area contributed by atoms with E-state index in [1.807, 2.05) is 41.2 Å². The molecule has 0 atom stereocenters. The van der Waals surface area contributed by atoms with E-state index in [2.05, 4.69) is 15.6 Å². The molecule has 0 saturated carbocycles. The molecule has 132 valence electrons. The number of amides is 1. The molecule has 0 radical (unpaired) electrons. The monoisotopic (exact) mass is 368 g/mol. The Labute approximate surface area is 156 Å². The van der Waals surface area contributed by atoms with Gasteiger partial charge in [0.15, 0.2) is 6.61 Å². The lowest BCUT2D eigenvalue weighted by Crippen LogP contribution is -2.24. The first-order valence-electron chi connectivity index (χ1n) is 7.96. The molecule has 3 aromatic rings. The Morgan fingerprint density at radius 3 is 2.73 bits per heavy atom. The fourth-order valence-corrected chi connectivity index (χ4v) is 2.32. The highest BCUT2D eigenvalue weighted by molar-refractivity contribution is 6.30. The average molecular weight is 369 g/mol. The SMILES string of the molecule is O=C(COc1ccc(Cl)cc1)N/N=C\c1cnn(Cc2ccccc2)c1. The number of rotatable bonds is 7. The Morgan fingerprint density at radius 1 is 1.19 bits per heavy atom. The van der Waals surface area contributed by atoms with Gasteiger partial charge in [0, 0.05) is 16.8 Å². The number of carbonyl (C=O) groups is 1. The summed E-state index contributed by atoms with van der Waals surface area (Å²) in [6.07, 6.45) is 5.07. The van der Waals surface area contributed by atoms with Gasteiger partial charge in [-0.15, -0.1) is 0 Å². The molecular formula is C19H17ClN4O2. The first-order valence-corrected chi connectivity index (χ1v) is 8.33. The van der Waals surface area contributed by atoms with Crippen molar-refractivity contribution >= 4 is 23.7 Å². The summed E-state index contributed by atoms with van der Waals surface area (Å²) in [5, 5.41) is 8.79. The van der Waals surface area contributed by atoms with E-state index in [-0.39, 0.29) is 12.5 Å². The summed E-state index contributed by atoms with van der Waals surface area (Å²) in [5.74, 6) is 0.212. The van der Waals surface area contributed by atoms with E-state index in [0.29, 0.717) is 17.3 Å². The zero-order chi connectivity index (χ0) is 18.2. The van der Waals surface area contributed by atoms with Crippen molar-refractivity contribution in [2.24, 2.45) is 5.10 Å². The topological polar surface area (TPSA) is 68.5 Å². The van der Waals surface area contributed by atoms with Crippen molar-refractivity contribution in [2.75, 3.05) is 6.61 Å². The number of nitrogens with zero attached hydrogens (tertiary/aromatic N) is 3. The van der Waals surface area contributed by atoms with E-state index in [1.165, 1.54) is 6.21 Å². The second-order valence-electron chi connectivity index (χ2n) is 5.49. The Morgan fingerprint density at radius 2 is 1.96 bits per heavy atom. The number of hydrogen-bond acceptors (Lipinski definition) is 4. The van der Waals surface area contributed by atoms with Crippen LogP contribution in [0, 0.1) is 0 Å². The fraction of sp³-hybridized carbons (Fsp3) is 0.105. The molecular weight excluding hydrogens is 352 g/mol. The summed E-state index contributed by atoms with van der Waals surface area (Å²) in [4.78, 5) is 11.7. The van der Waals surface area contributed by atoms with Crippen molar-refractivity contribution in [3.63, 3.8) is 0 Å². The molecule has 1 amide bonds. The van der Waals surface area contributed by atoms with Gasteiger partial charge in [-0.1, -0.05) is 41.9 Å². The summed E-state index contributed by atoms with van der Waals surface area (Å²) in [5.41, 5.74) is 4.36. The normalized spacial score (nSPS) is 10.8. The third-order valence-electron chi connectivity index (χ3n) is 3.43. The molecule has 6 nitrogen and oxygen atoms in total. The van der Waals surface area contributed by atoms with E-state index < -0.39 is 0 Å². The minimum Gasteiger partial charge on any atom is -0.484 e. The van der Waals surface area contributed by atoms with Gasteiger partial charge in [-0.25, -0.2) is 5.43 Å². The van der Waals surface area contributed by atoms with Gasteiger partial charge in [0.05, 0.1) is 19.0 Å². The molecule has 26 heavy (non-hydrogen) atoms. The zero-order valence-electron chi connectivity index (χ0n) is 13.9. The van der Waals surface area contributed by atoms with Crippen molar-refractivity contribution in [2.45, 2.75) is 6.54 Å². The Balaban J connectivity index is 1.44.